The van der Waals surface area contributed by atoms with Crippen LogP contribution < -0.4 is 10.5 Å². The van der Waals surface area contributed by atoms with Crippen LogP contribution >= 0.6 is 24.0 Å². The molecule has 0 unspecified atom stereocenters. The molecule has 8 heteroatoms. The average molecular weight is 280 g/mol. The number of amides is 1. The molecule has 0 aromatic carbocycles. The van der Waals surface area contributed by atoms with E-state index in [0.717, 1.165) is 4.90 Å². The zero-order valence-corrected chi connectivity index (χ0v) is 10.9. The Morgan fingerprint density at radius 1 is 1.56 bits per heavy atom. The van der Waals surface area contributed by atoms with Gasteiger partial charge in [0.1, 0.15) is 0 Å². The highest BCUT2D eigenvalue weighted by Gasteiger charge is 2.08. The number of thiophene rings is 1. The Bertz CT molecular complexity index is 467. The van der Waals surface area contributed by atoms with Crippen LogP contribution in [0.4, 0.5) is 0 Å². The fourth-order valence-corrected chi connectivity index (χ4v) is 2.62. The van der Waals surface area contributed by atoms with Crippen LogP contribution in [0.1, 0.15) is 16.1 Å². The lowest BCUT2D eigenvalue weighted by molar-refractivity contribution is 0.0957. The van der Waals surface area contributed by atoms with Gasteiger partial charge in [-0.1, -0.05) is 0 Å². The Hall–Kier alpha value is -0.570. The number of carbonyl (C=O) groups excluding carboxylic acids is 1. The van der Waals surface area contributed by atoms with Crippen LogP contribution in [0.5, 0.6) is 0 Å². The minimum atomic E-state index is -3.44. The number of sulfonamides is 1. The van der Waals surface area contributed by atoms with E-state index in [1.807, 2.05) is 0 Å². The third-order valence-electron chi connectivity index (χ3n) is 1.70. The molecule has 1 aromatic heterocycles. The van der Waals surface area contributed by atoms with E-state index < -0.39 is 10.0 Å². The lowest BCUT2D eigenvalue weighted by Crippen LogP contribution is -2.26. The van der Waals surface area contributed by atoms with E-state index in [1.54, 1.807) is 11.4 Å². The standard InChI is InChI=1S/C8H12N2O3S3/c9-16(12,13)3-1-2-10-8(11)7-4-6(14)5-15-7/h4-5,14H,1-3H2,(H,10,11)(H2,9,12,13). The number of rotatable bonds is 5. The lowest BCUT2D eigenvalue weighted by atomic mass is 10.4. The van der Waals surface area contributed by atoms with E-state index in [0.29, 0.717) is 11.3 Å². The number of primary sulfonamides is 1. The molecule has 90 valence electrons. The number of nitrogens with one attached hydrogen (secondary N) is 1. The number of nitrogens with two attached hydrogens (primary N) is 1. The van der Waals surface area contributed by atoms with Crippen LogP contribution in [0.25, 0.3) is 0 Å². The third kappa shape index (κ3) is 4.97. The van der Waals surface area contributed by atoms with Crippen molar-refractivity contribution in [3.05, 3.63) is 16.3 Å². The molecule has 3 N–H and O–H groups in total. The second-order valence-corrected chi connectivity index (χ2v) is 6.31. The molecule has 0 aliphatic rings. The van der Waals surface area contributed by atoms with Crippen LogP contribution in [-0.2, 0) is 10.0 Å². The highest BCUT2D eigenvalue weighted by molar-refractivity contribution is 7.89. The van der Waals surface area contributed by atoms with Gasteiger partial charge in [-0.15, -0.1) is 24.0 Å². The second kappa shape index (κ2) is 5.67. The molecule has 0 aliphatic carbocycles. The Morgan fingerprint density at radius 3 is 2.75 bits per heavy atom. The van der Waals surface area contributed by atoms with Crippen molar-refractivity contribution in [1.29, 1.82) is 0 Å². The zero-order chi connectivity index (χ0) is 12.2. The van der Waals surface area contributed by atoms with Crippen LogP contribution in [0.2, 0.25) is 0 Å². The van der Waals surface area contributed by atoms with Gasteiger partial charge in [0.25, 0.3) is 5.91 Å². The van der Waals surface area contributed by atoms with Gasteiger partial charge in [0.05, 0.1) is 10.6 Å². The molecule has 0 aliphatic heterocycles. The summed E-state index contributed by atoms with van der Waals surface area (Å²) < 4.78 is 21.2. The molecule has 0 saturated carbocycles. The molecule has 0 saturated heterocycles. The summed E-state index contributed by atoms with van der Waals surface area (Å²) in [5.41, 5.74) is 0. The fourth-order valence-electron chi connectivity index (χ4n) is 1.01. The maximum atomic E-state index is 11.5. The summed E-state index contributed by atoms with van der Waals surface area (Å²) >= 11 is 5.37. The Labute approximate surface area is 103 Å². The summed E-state index contributed by atoms with van der Waals surface area (Å²) in [5.74, 6) is -0.352. The van der Waals surface area contributed by atoms with Crippen molar-refractivity contribution >= 4 is 39.9 Å². The monoisotopic (exact) mass is 280 g/mol. The van der Waals surface area contributed by atoms with Crippen LogP contribution in [-0.4, -0.2) is 26.6 Å². The number of hydrogen-bond acceptors (Lipinski definition) is 5. The summed E-state index contributed by atoms with van der Waals surface area (Å²) in [6, 6.07) is 1.66. The Morgan fingerprint density at radius 2 is 2.25 bits per heavy atom. The molecule has 0 atom stereocenters. The van der Waals surface area contributed by atoms with E-state index in [4.69, 9.17) is 5.14 Å². The van der Waals surface area contributed by atoms with Crippen molar-refractivity contribution in [2.45, 2.75) is 11.3 Å². The Kier molecular flexibility index (Phi) is 4.78. The molecule has 1 aromatic rings. The Balaban J connectivity index is 2.31. The largest absolute Gasteiger partial charge is 0.351 e. The van der Waals surface area contributed by atoms with E-state index in [2.05, 4.69) is 17.9 Å². The summed E-state index contributed by atoms with van der Waals surface area (Å²) in [6.07, 6.45) is 0.309. The molecule has 0 spiro atoms. The fraction of sp³-hybridized carbons (Fsp3) is 0.375. The number of thiol groups is 1. The SMILES string of the molecule is NS(=O)(=O)CCCNC(=O)c1cc(S)cs1. The predicted octanol–water partition coefficient (Wildman–Crippen LogP) is 0.445. The lowest BCUT2D eigenvalue weighted by Gasteiger charge is -2.02. The minimum absolute atomic E-state index is 0.129. The van der Waals surface area contributed by atoms with Crippen LogP contribution in [0.15, 0.2) is 16.3 Å². The summed E-state index contributed by atoms with van der Waals surface area (Å²) in [5, 5.41) is 9.17. The van der Waals surface area contributed by atoms with Gasteiger partial charge in [-0.25, -0.2) is 13.6 Å². The van der Waals surface area contributed by atoms with Crippen molar-refractivity contribution < 1.29 is 13.2 Å². The van der Waals surface area contributed by atoms with Gasteiger partial charge < -0.3 is 5.32 Å². The average Bonchev–Trinajstić information content (AvgIpc) is 2.57. The molecule has 5 nitrogen and oxygen atoms in total. The highest BCUT2D eigenvalue weighted by atomic mass is 32.2. The van der Waals surface area contributed by atoms with Gasteiger partial charge in [0.2, 0.25) is 10.0 Å². The zero-order valence-electron chi connectivity index (χ0n) is 8.34. The second-order valence-electron chi connectivity index (χ2n) is 3.15. The van der Waals surface area contributed by atoms with Gasteiger partial charge in [0, 0.05) is 16.8 Å². The van der Waals surface area contributed by atoms with Gasteiger partial charge in [-0.05, 0) is 12.5 Å². The van der Waals surface area contributed by atoms with Crippen molar-refractivity contribution in [2.24, 2.45) is 5.14 Å². The molecule has 1 heterocycles. The molecule has 16 heavy (non-hydrogen) atoms. The summed E-state index contributed by atoms with van der Waals surface area (Å²) in [4.78, 5) is 12.8. The van der Waals surface area contributed by atoms with E-state index >= 15 is 0 Å². The van der Waals surface area contributed by atoms with Crippen molar-refractivity contribution in [3.63, 3.8) is 0 Å². The molecule has 0 radical (unpaired) electrons. The van der Waals surface area contributed by atoms with Gasteiger partial charge >= 0.3 is 0 Å². The van der Waals surface area contributed by atoms with Crippen molar-refractivity contribution in [1.82, 2.24) is 5.32 Å². The first-order valence-electron chi connectivity index (χ1n) is 4.44. The van der Waals surface area contributed by atoms with E-state index in [-0.39, 0.29) is 18.2 Å². The molecular formula is C8H12N2O3S3. The first kappa shape index (κ1) is 13.5. The highest BCUT2D eigenvalue weighted by Crippen LogP contribution is 2.17. The van der Waals surface area contributed by atoms with E-state index in [1.165, 1.54) is 11.3 Å². The van der Waals surface area contributed by atoms with Crippen LogP contribution in [0, 0.1) is 0 Å². The van der Waals surface area contributed by atoms with Crippen molar-refractivity contribution in [3.8, 4) is 0 Å². The quantitative estimate of drug-likeness (QED) is 0.540. The molecule has 0 bridgehead atoms. The maximum Gasteiger partial charge on any atom is 0.261 e. The molecular weight excluding hydrogens is 268 g/mol. The van der Waals surface area contributed by atoms with Crippen LogP contribution in [0.3, 0.4) is 0 Å². The van der Waals surface area contributed by atoms with Crippen molar-refractivity contribution in [2.75, 3.05) is 12.3 Å². The van der Waals surface area contributed by atoms with E-state index in [9.17, 15) is 13.2 Å². The first-order valence-corrected chi connectivity index (χ1v) is 7.49. The first-order chi connectivity index (χ1) is 7.38. The third-order valence-corrected chi connectivity index (χ3v) is 3.92. The minimum Gasteiger partial charge on any atom is -0.351 e. The maximum absolute atomic E-state index is 11.5. The number of hydrogen-bond donors (Lipinski definition) is 3. The molecule has 1 amide bonds. The topological polar surface area (TPSA) is 89.3 Å². The van der Waals surface area contributed by atoms with Gasteiger partial charge in [-0.2, -0.15) is 0 Å². The molecule has 0 fully saturated rings. The number of carbonyl (C=O) groups is 1. The predicted molar refractivity (Wildman–Crippen MR) is 66.5 cm³/mol. The summed E-state index contributed by atoms with van der Waals surface area (Å²) in [6.45, 7) is 0.287. The van der Waals surface area contributed by atoms with Gasteiger partial charge in [0.15, 0.2) is 0 Å². The molecule has 1 rings (SSSR count). The normalized spacial score (nSPS) is 11.4. The van der Waals surface area contributed by atoms with Gasteiger partial charge in [-0.3, -0.25) is 4.79 Å². The summed E-state index contributed by atoms with van der Waals surface area (Å²) in [7, 11) is -3.44. The smallest absolute Gasteiger partial charge is 0.261 e.